The number of rotatable bonds is 5. The number of benzene rings is 1. The lowest BCUT2D eigenvalue weighted by atomic mass is 10.2. The highest BCUT2D eigenvalue weighted by Crippen LogP contribution is 2.19. The maximum Gasteiger partial charge on any atom is 0.270 e. The maximum atomic E-state index is 12.6. The summed E-state index contributed by atoms with van der Waals surface area (Å²) in [5, 5.41) is 9.66. The molecule has 1 heterocycles. The molecule has 0 saturated carbocycles. The molecule has 1 aromatic carbocycles. The highest BCUT2D eigenvalue weighted by molar-refractivity contribution is 5.98. The zero-order valence-corrected chi connectivity index (χ0v) is 12.4. The summed E-state index contributed by atoms with van der Waals surface area (Å²) in [4.78, 5) is 17.4. The number of H-pyrrole nitrogens is 1. The summed E-state index contributed by atoms with van der Waals surface area (Å²) in [6, 6.07) is 9.41. The topological polar surface area (TPSA) is 85.9 Å². The summed E-state index contributed by atoms with van der Waals surface area (Å²) in [5.74, 6) is 0.279. The van der Waals surface area contributed by atoms with Crippen molar-refractivity contribution in [2.45, 2.75) is 20.3 Å². The van der Waals surface area contributed by atoms with E-state index in [1.165, 1.54) is 0 Å². The Morgan fingerprint density at radius 2 is 2.19 bits per heavy atom. The summed E-state index contributed by atoms with van der Waals surface area (Å²) in [7, 11) is 0. The van der Waals surface area contributed by atoms with Crippen molar-refractivity contribution >= 4 is 22.5 Å². The van der Waals surface area contributed by atoms with E-state index in [0.29, 0.717) is 36.8 Å². The van der Waals surface area contributed by atoms with Crippen LogP contribution in [0.2, 0.25) is 0 Å². The molecule has 21 heavy (non-hydrogen) atoms. The number of carbonyl (C=O) groups excluding carboxylic acids is 1. The van der Waals surface area contributed by atoms with E-state index in [2.05, 4.69) is 24.9 Å². The molecule has 5 heteroatoms. The average Bonchev–Trinajstić information content (AvgIpc) is 2.85. The highest BCUT2D eigenvalue weighted by atomic mass is 16.2. The number of nitrogens with zero attached hydrogens (tertiary/aromatic N) is 2. The number of nitrogens with two attached hydrogens (primary N) is 1. The molecular weight excluding hydrogens is 264 g/mol. The van der Waals surface area contributed by atoms with E-state index in [-0.39, 0.29) is 5.91 Å². The van der Waals surface area contributed by atoms with Gasteiger partial charge in [-0.2, -0.15) is 5.26 Å². The Morgan fingerprint density at radius 1 is 1.43 bits per heavy atom. The van der Waals surface area contributed by atoms with Gasteiger partial charge in [0, 0.05) is 29.7 Å². The van der Waals surface area contributed by atoms with E-state index in [4.69, 9.17) is 11.0 Å². The smallest absolute Gasteiger partial charge is 0.270 e. The molecule has 110 valence electrons. The van der Waals surface area contributed by atoms with Crippen LogP contribution in [0.5, 0.6) is 0 Å². The fourth-order valence-corrected chi connectivity index (χ4v) is 2.34. The van der Waals surface area contributed by atoms with Crippen molar-refractivity contribution in [3.8, 4) is 6.07 Å². The van der Waals surface area contributed by atoms with Gasteiger partial charge < -0.3 is 15.6 Å². The number of carbonyl (C=O) groups is 1. The molecule has 2 rings (SSSR count). The third-order valence-corrected chi connectivity index (χ3v) is 3.24. The maximum absolute atomic E-state index is 12.6. The minimum atomic E-state index is -0.0753. The SMILES string of the molecule is CC(C)CN(CCC#N)C(=O)c1cc2cc(N)ccc2[nH]1. The van der Waals surface area contributed by atoms with Crippen LogP contribution in [0.15, 0.2) is 24.3 Å². The lowest BCUT2D eigenvalue weighted by molar-refractivity contribution is 0.0735. The van der Waals surface area contributed by atoms with E-state index in [0.717, 1.165) is 10.9 Å². The van der Waals surface area contributed by atoms with Crippen LogP contribution in [0.3, 0.4) is 0 Å². The zero-order chi connectivity index (χ0) is 15.4. The Morgan fingerprint density at radius 3 is 2.86 bits per heavy atom. The average molecular weight is 284 g/mol. The first kappa shape index (κ1) is 14.9. The van der Waals surface area contributed by atoms with Gasteiger partial charge in [0.05, 0.1) is 12.5 Å². The highest BCUT2D eigenvalue weighted by Gasteiger charge is 2.18. The second-order valence-electron chi connectivity index (χ2n) is 5.58. The van der Waals surface area contributed by atoms with E-state index in [1.807, 2.05) is 18.2 Å². The van der Waals surface area contributed by atoms with Crippen LogP contribution in [-0.2, 0) is 0 Å². The Hall–Kier alpha value is -2.48. The normalized spacial score (nSPS) is 10.8. The van der Waals surface area contributed by atoms with Gasteiger partial charge >= 0.3 is 0 Å². The number of aromatic nitrogens is 1. The molecule has 0 atom stereocenters. The first-order valence-corrected chi connectivity index (χ1v) is 7.05. The number of nitrogen functional groups attached to an aromatic ring is 1. The number of fused-ring (bicyclic) bond motifs is 1. The third-order valence-electron chi connectivity index (χ3n) is 3.24. The molecule has 5 nitrogen and oxygen atoms in total. The van der Waals surface area contributed by atoms with Gasteiger partial charge in [-0.15, -0.1) is 0 Å². The summed E-state index contributed by atoms with van der Waals surface area (Å²) in [6.07, 6.45) is 0.339. The van der Waals surface area contributed by atoms with Gasteiger partial charge in [-0.05, 0) is 30.2 Å². The lowest BCUT2D eigenvalue weighted by Gasteiger charge is -2.23. The molecule has 1 aromatic heterocycles. The monoisotopic (exact) mass is 284 g/mol. The van der Waals surface area contributed by atoms with Crippen LogP contribution in [0.25, 0.3) is 10.9 Å². The standard InChI is InChI=1S/C16H20N4O/c1-11(2)10-20(7-3-6-17)16(21)15-9-12-8-13(18)4-5-14(12)19-15/h4-5,8-9,11,19H,3,7,10,18H2,1-2H3. The molecule has 0 aliphatic rings. The van der Waals surface area contributed by atoms with Crippen LogP contribution in [-0.4, -0.2) is 28.9 Å². The summed E-state index contributed by atoms with van der Waals surface area (Å²) in [5.41, 5.74) is 7.85. The molecule has 0 radical (unpaired) electrons. The molecule has 3 N–H and O–H groups in total. The van der Waals surface area contributed by atoms with Crippen molar-refractivity contribution in [3.05, 3.63) is 30.0 Å². The fourth-order valence-electron chi connectivity index (χ4n) is 2.34. The van der Waals surface area contributed by atoms with E-state index < -0.39 is 0 Å². The van der Waals surface area contributed by atoms with E-state index in [9.17, 15) is 4.79 Å². The molecular formula is C16H20N4O. The first-order valence-electron chi connectivity index (χ1n) is 7.05. The second-order valence-corrected chi connectivity index (χ2v) is 5.58. The predicted octanol–water partition coefficient (Wildman–Crippen LogP) is 2.76. The van der Waals surface area contributed by atoms with Gasteiger partial charge in [-0.25, -0.2) is 0 Å². The van der Waals surface area contributed by atoms with Crippen molar-refractivity contribution in [2.75, 3.05) is 18.8 Å². The predicted molar refractivity (Wildman–Crippen MR) is 83.7 cm³/mol. The van der Waals surface area contributed by atoms with Crippen LogP contribution in [0.1, 0.15) is 30.8 Å². The Labute approximate surface area is 124 Å². The van der Waals surface area contributed by atoms with Gasteiger partial charge in [-0.3, -0.25) is 4.79 Å². The molecule has 0 aliphatic heterocycles. The van der Waals surface area contributed by atoms with Gasteiger partial charge in [-0.1, -0.05) is 13.8 Å². The van der Waals surface area contributed by atoms with Gasteiger partial charge in [0.1, 0.15) is 5.69 Å². The second kappa shape index (κ2) is 6.31. The van der Waals surface area contributed by atoms with Crippen molar-refractivity contribution in [2.24, 2.45) is 5.92 Å². The number of aromatic amines is 1. The Kier molecular flexibility index (Phi) is 4.49. The van der Waals surface area contributed by atoms with Gasteiger partial charge in [0.2, 0.25) is 0 Å². The van der Waals surface area contributed by atoms with Crippen molar-refractivity contribution in [1.29, 1.82) is 5.26 Å². The minimum absolute atomic E-state index is 0.0753. The number of hydrogen-bond donors (Lipinski definition) is 2. The number of amides is 1. The van der Waals surface area contributed by atoms with E-state index >= 15 is 0 Å². The molecule has 2 aromatic rings. The molecule has 0 fully saturated rings. The Balaban J connectivity index is 2.26. The molecule has 0 spiro atoms. The fraction of sp³-hybridized carbons (Fsp3) is 0.375. The van der Waals surface area contributed by atoms with Crippen LogP contribution in [0.4, 0.5) is 5.69 Å². The lowest BCUT2D eigenvalue weighted by Crippen LogP contribution is -2.35. The summed E-state index contributed by atoms with van der Waals surface area (Å²) >= 11 is 0. The quantitative estimate of drug-likeness (QED) is 0.828. The third kappa shape index (κ3) is 3.54. The van der Waals surface area contributed by atoms with Gasteiger partial charge in [0.15, 0.2) is 0 Å². The summed E-state index contributed by atoms with van der Waals surface area (Å²) < 4.78 is 0. The van der Waals surface area contributed by atoms with Crippen LogP contribution in [0, 0.1) is 17.2 Å². The van der Waals surface area contributed by atoms with Crippen molar-refractivity contribution in [3.63, 3.8) is 0 Å². The minimum Gasteiger partial charge on any atom is -0.399 e. The zero-order valence-electron chi connectivity index (χ0n) is 12.4. The van der Waals surface area contributed by atoms with Gasteiger partial charge in [0.25, 0.3) is 5.91 Å². The first-order chi connectivity index (χ1) is 10.0. The molecule has 0 saturated heterocycles. The Bertz CT molecular complexity index is 681. The largest absolute Gasteiger partial charge is 0.399 e. The van der Waals surface area contributed by atoms with Crippen LogP contribution < -0.4 is 5.73 Å². The molecule has 1 amide bonds. The number of hydrogen-bond acceptors (Lipinski definition) is 3. The van der Waals surface area contributed by atoms with Crippen molar-refractivity contribution < 1.29 is 4.79 Å². The summed E-state index contributed by atoms with van der Waals surface area (Å²) in [6.45, 7) is 5.19. The number of anilines is 1. The molecule has 0 aliphatic carbocycles. The van der Waals surface area contributed by atoms with Crippen molar-refractivity contribution in [1.82, 2.24) is 9.88 Å². The number of nitriles is 1. The van der Waals surface area contributed by atoms with E-state index in [1.54, 1.807) is 11.0 Å². The molecule has 0 unspecified atom stereocenters. The number of nitrogens with one attached hydrogen (secondary N) is 1. The van der Waals surface area contributed by atoms with Crippen LogP contribution >= 0.6 is 0 Å². The molecule has 0 bridgehead atoms.